The number of hydrogen-bond acceptors (Lipinski definition) is 8. The Labute approximate surface area is 216 Å². The van der Waals surface area contributed by atoms with Gasteiger partial charge in [-0.3, -0.25) is 29.7 Å². The highest BCUT2D eigenvalue weighted by Gasteiger charge is 2.35. The van der Waals surface area contributed by atoms with Crippen molar-refractivity contribution in [1.82, 2.24) is 15.1 Å². The van der Waals surface area contributed by atoms with Gasteiger partial charge in [0.05, 0.1) is 13.2 Å². The maximum atomic E-state index is 12.6. The van der Waals surface area contributed by atoms with E-state index in [1.165, 1.54) is 0 Å². The monoisotopic (exact) mass is 507 g/mol. The molecule has 2 aromatic rings. The second-order valence-corrected chi connectivity index (χ2v) is 9.12. The zero-order chi connectivity index (χ0) is 26.4. The second-order valence-electron chi connectivity index (χ2n) is 9.12. The average molecular weight is 508 g/mol. The molecule has 4 rings (SSSR count). The molecule has 2 fully saturated rings. The van der Waals surface area contributed by atoms with Gasteiger partial charge in [-0.2, -0.15) is 0 Å². The van der Waals surface area contributed by atoms with Gasteiger partial charge in [0.1, 0.15) is 18.0 Å². The maximum absolute atomic E-state index is 12.6. The minimum atomic E-state index is -0.403. The van der Waals surface area contributed by atoms with Crippen molar-refractivity contribution in [2.45, 2.75) is 26.0 Å². The lowest BCUT2D eigenvalue weighted by Crippen LogP contribution is -2.53. The third-order valence-corrected chi connectivity index (χ3v) is 6.66. The van der Waals surface area contributed by atoms with Gasteiger partial charge in [-0.05, 0) is 50.2 Å². The number of nitrogens with one attached hydrogen (secondary N) is 2. The van der Waals surface area contributed by atoms with Crippen LogP contribution in [0.25, 0.3) is 0 Å². The summed E-state index contributed by atoms with van der Waals surface area (Å²) >= 11 is 0. The number of hydrogen-bond donors (Lipinski definition) is 2. The summed E-state index contributed by atoms with van der Waals surface area (Å²) in [7, 11) is 0. The molecular weight excluding hydrogens is 474 g/mol. The molecule has 10 heteroatoms. The lowest BCUT2D eigenvalue weighted by molar-refractivity contribution is -0.149. The Balaban J connectivity index is 1.27. The number of carbonyl (C=O) groups is 3. The van der Waals surface area contributed by atoms with E-state index in [9.17, 15) is 14.4 Å². The fourth-order valence-corrected chi connectivity index (χ4v) is 4.52. The van der Waals surface area contributed by atoms with E-state index in [2.05, 4.69) is 15.1 Å². The molecule has 0 aliphatic carbocycles. The van der Waals surface area contributed by atoms with Gasteiger partial charge in [0.2, 0.25) is 0 Å². The molecule has 196 valence electrons. The summed E-state index contributed by atoms with van der Waals surface area (Å²) < 4.78 is 10.7. The summed E-state index contributed by atoms with van der Waals surface area (Å²) in [6.07, 6.45) is -0.663. The van der Waals surface area contributed by atoms with Gasteiger partial charge < -0.3 is 14.8 Å². The number of esters is 1. The van der Waals surface area contributed by atoms with E-state index < -0.39 is 6.09 Å². The SMILES string of the molecule is CCOC(=O)[C@@H](C)N1CCN(CC2CN(c3ccc(C(=N)NC(=O)c4ccccc4)cc3)C(=O)O2)CC1. The molecule has 2 amide bonds. The third kappa shape index (κ3) is 6.52. The van der Waals surface area contributed by atoms with Crippen molar-refractivity contribution in [2.75, 3.05) is 50.8 Å². The zero-order valence-electron chi connectivity index (χ0n) is 21.2. The Morgan fingerprint density at radius 3 is 2.38 bits per heavy atom. The van der Waals surface area contributed by atoms with Crippen LogP contribution in [0.15, 0.2) is 54.6 Å². The van der Waals surface area contributed by atoms with E-state index in [1.54, 1.807) is 60.4 Å². The first kappa shape index (κ1) is 26.3. The molecule has 0 radical (unpaired) electrons. The number of rotatable bonds is 8. The summed E-state index contributed by atoms with van der Waals surface area (Å²) in [6.45, 7) is 8.17. The predicted molar refractivity (Wildman–Crippen MR) is 139 cm³/mol. The molecule has 0 aromatic heterocycles. The maximum Gasteiger partial charge on any atom is 0.414 e. The molecule has 0 bridgehead atoms. The quantitative estimate of drug-likeness (QED) is 0.320. The Hall–Kier alpha value is -3.76. The number of anilines is 1. The van der Waals surface area contributed by atoms with Crippen LogP contribution in [0.1, 0.15) is 29.8 Å². The third-order valence-electron chi connectivity index (χ3n) is 6.66. The summed E-state index contributed by atoms with van der Waals surface area (Å²) in [5, 5.41) is 10.8. The number of ether oxygens (including phenoxy) is 2. The summed E-state index contributed by atoms with van der Waals surface area (Å²) in [6, 6.07) is 15.4. The van der Waals surface area contributed by atoms with Crippen LogP contribution in [0.3, 0.4) is 0 Å². The highest BCUT2D eigenvalue weighted by atomic mass is 16.6. The van der Waals surface area contributed by atoms with Gasteiger partial charge in [0.15, 0.2) is 0 Å². The lowest BCUT2D eigenvalue weighted by atomic mass is 10.1. The van der Waals surface area contributed by atoms with Crippen molar-refractivity contribution in [3.8, 4) is 0 Å². The number of piperazine rings is 1. The minimum Gasteiger partial charge on any atom is -0.465 e. The van der Waals surface area contributed by atoms with Crippen LogP contribution in [0.2, 0.25) is 0 Å². The Morgan fingerprint density at radius 2 is 1.73 bits per heavy atom. The molecule has 0 saturated carbocycles. The summed E-state index contributed by atoms with van der Waals surface area (Å²) in [5.41, 5.74) is 1.68. The molecule has 2 heterocycles. The number of cyclic esters (lactones) is 1. The van der Waals surface area contributed by atoms with Crippen molar-refractivity contribution in [2.24, 2.45) is 0 Å². The fraction of sp³-hybridized carbons (Fsp3) is 0.407. The van der Waals surface area contributed by atoms with Gasteiger partial charge in [-0.15, -0.1) is 0 Å². The van der Waals surface area contributed by atoms with E-state index >= 15 is 0 Å². The molecule has 10 nitrogen and oxygen atoms in total. The highest BCUT2D eigenvalue weighted by Crippen LogP contribution is 2.23. The Morgan fingerprint density at radius 1 is 1.05 bits per heavy atom. The molecule has 2 atom stereocenters. The number of nitrogens with zero attached hydrogens (tertiary/aromatic N) is 3. The average Bonchev–Trinajstić information content (AvgIpc) is 3.29. The largest absolute Gasteiger partial charge is 0.465 e. The molecule has 2 aromatic carbocycles. The van der Waals surface area contributed by atoms with Crippen molar-refractivity contribution in [3.05, 3.63) is 65.7 Å². The van der Waals surface area contributed by atoms with E-state index in [4.69, 9.17) is 14.9 Å². The van der Waals surface area contributed by atoms with Crippen molar-refractivity contribution < 1.29 is 23.9 Å². The highest BCUT2D eigenvalue weighted by molar-refractivity contribution is 6.11. The molecule has 37 heavy (non-hydrogen) atoms. The van der Waals surface area contributed by atoms with Crippen LogP contribution in [0, 0.1) is 5.41 Å². The van der Waals surface area contributed by atoms with E-state index in [0.717, 1.165) is 26.2 Å². The zero-order valence-corrected chi connectivity index (χ0v) is 21.2. The first-order valence-corrected chi connectivity index (χ1v) is 12.5. The standard InChI is InChI=1S/C27H33N5O5/c1-3-36-26(34)19(2)31-15-13-30(14-16-31)17-23-18-32(27(35)37-23)22-11-9-20(10-12-22)24(28)29-25(33)21-7-5-4-6-8-21/h4-12,19,23H,3,13-18H2,1-2H3,(H2,28,29,33)/t19-,23?/m1/s1. The number of carbonyl (C=O) groups excluding carboxylic acids is 3. The van der Waals surface area contributed by atoms with Crippen LogP contribution in [0.5, 0.6) is 0 Å². The Bertz CT molecular complexity index is 1120. The van der Waals surface area contributed by atoms with E-state index in [0.29, 0.717) is 36.5 Å². The summed E-state index contributed by atoms with van der Waals surface area (Å²) in [5.74, 6) is -0.563. The van der Waals surface area contributed by atoms with Gasteiger partial charge in [-0.1, -0.05) is 18.2 Å². The van der Waals surface area contributed by atoms with Crippen molar-refractivity contribution in [3.63, 3.8) is 0 Å². The van der Waals surface area contributed by atoms with Gasteiger partial charge in [-0.25, -0.2) is 4.79 Å². The first-order valence-electron chi connectivity index (χ1n) is 12.5. The van der Waals surface area contributed by atoms with Gasteiger partial charge >= 0.3 is 12.1 Å². The predicted octanol–water partition coefficient (Wildman–Crippen LogP) is 2.34. The van der Waals surface area contributed by atoms with Crippen molar-refractivity contribution >= 4 is 29.5 Å². The van der Waals surface area contributed by atoms with E-state index in [1.807, 2.05) is 13.0 Å². The van der Waals surface area contributed by atoms with Gasteiger partial charge in [0, 0.05) is 49.5 Å². The first-order chi connectivity index (χ1) is 17.9. The molecule has 2 saturated heterocycles. The normalized spacial score (nSPS) is 19.2. The number of benzene rings is 2. The Kier molecular flexibility index (Phi) is 8.52. The molecular formula is C27H33N5O5. The molecule has 2 aliphatic rings. The topological polar surface area (TPSA) is 115 Å². The van der Waals surface area contributed by atoms with Crippen LogP contribution >= 0.6 is 0 Å². The smallest absolute Gasteiger partial charge is 0.414 e. The lowest BCUT2D eigenvalue weighted by Gasteiger charge is -2.37. The van der Waals surface area contributed by atoms with Crippen LogP contribution in [0.4, 0.5) is 10.5 Å². The van der Waals surface area contributed by atoms with E-state index in [-0.39, 0.29) is 29.9 Å². The molecule has 1 unspecified atom stereocenters. The number of amides is 2. The molecule has 2 aliphatic heterocycles. The van der Waals surface area contributed by atoms with Crippen LogP contribution < -0.4 is 10.2 Å². The van der Waals surface area contributed by atoms with Crippen LogP contribution in [-0.4, -0.2) is 91.6 Å². The fourth-order valence-electron chi connectivity index (χ4n) is 4.52. The number of amidine groups is 1. The van der Waals surface area contributed by atoms with Crippen LogP contribution in [-0.2, 0) is 14.3 Å². The molecule has 2 N–H and O–H groups in total. The van der Waals surface area contributed by atoms with Gasteiger partial charge in [0.25, 0.3) is 5.91 Å². The summed E-state index contributed by atoms with van der Waals surface area (Å²) in [4.78, 5) is 42.8. The second kappa shape index (κ2) is 12.0. The minimum absolute atomic E-state index is 0.0151. The molecule has 0 spiro atoms. The van der Waals surface area contributed by atoms with Crippen molar-refractivity contribution in [1.29, 1.82) is 5.41 Å².